The maximum Gasteiger partial charge on any atom is 0.339 e. The second-order valence-corrected chi connectivity index (χ2v) is 7.38. The predicted molar refractivity (Wildman–Crippen MR) is 113 cm³/mol. The Balaban J connectivity index is 1.41. The number of aromatic nitrogens is 4. The molecule has 29 heavy (non-hydrogen) atoms. The summed E-state index contributed by atoms with van der Waals surface area (Å²) in [4.78, 5) is 21.1. The Hall–Kier alpha value is -3.66. The maximum absolute atomic E-state index is 12.2. The van der Waals surface area contributed by atoms with E-state index in [4.69, 9.17) is 0 Å². The lowest BCUT2D eigenvalue weighted by Gasteiger charge is -2.09. The van der Waals surface area contributed by atoms with Crippen molar-refractivity contribution in [3.63, 3.8) is 0 Å². The first-order valence-electron chi connectivity index (χ1n) is 8.79. The summed E-state index contributed by atoms with van der Waals surface area (Å²) >= 11 is 1.39. The summed E-state index contributed by atoms with van der Waals surface area (Å²) in [6, 6.07) is 8.11. The predicted octanol–water partition coefficient (Wildman–Crippen LogP) is 3.56. The Morgan fingerprint density at radius 2 is 1.90 bits per heavy atom. The van der Waals surface area contributed by atoms with E-state index >= 15 is 0 Å². The Kier molecular flexibility index (Phi) is 4.77. The summed E-state index contributed by atoms with van der Waals surface area (Å²) in [5.74, 6) is 1.13. The number of phenolic OH excluding ortho intramolecular Hbond substituents is 1. The summed E-state index contributed by atoms with van der Waals surface area (Å²) in [7, 11) is 1.83. The average molecular weight is 409 g/mol. The van der Waals surface area contributed by atoms with Crippen molar-refractivity contribution < 1.29 is 9.90 Å². The van der Waals surface area contributed by atoms with Crippen molar-refractivity contribution in [1.82, 2.24) is 25.2 Å². The van der Waals surface area contributed by atoms with Gasteiger partial charge in [-0.15, -0.1) is 11.3 Å². The van der Waals surface area contributed by atoms with Crippen LogP contribution in [0, 0.1) is 13.8 Å². The second-order valence-electron chi connectivity index (χ2n) is 6.52. The summed E-state index contributed by atoms with van der Waals surface area (Å²) in [5, 5.41) is 19.9. The highest BCUT2D eigenvalue weighted by Crippen LogP contribution is 2.27. The zero-order valence-electron chi connectivity index (χ0n) is 16.0. The molecule has 0 radical (unpaired) electrons. The number of hydrogen-bond donors (Lipinski definition) is 4. The number of thiazole rings is 1. The van der Waals surface area contributed by atoms with Crippen molar-refractivity contribution in [3.05, 3.63) is 47.0 Å². The van der Waals surface area contributed by atoms with Crippen molar-refractivity contribution in [2.24, 2.45) is 7.05 Å². The number of pyridine rings is 1. The summed E-state index contributed by atoms with van der Waals surface area (Å²) in [6.07, 6.45) is 0. The third kappa shape index (κ3) is 3.83. The van der Waals surface area contributed by atoms with Gasteiger partial charge in [-0.1, -0.05) is 0 Å². The number of rotatable bonds is 4. The van der Waals surface area contributed by atoms with Crippen LogP contribution in [0.5, 0.6) is 5.75 Å². The molecule has 0 atom stereocenters. The molecule has 2 amide bonds. The van der Waals surface area contributed by atoms with Crippen molar-refractivity contribution in [2.45, 2.75) is 13.8 Å². The highest BCUT2D eigenvalue weighted by atomic mass is 32.1. The van der Waals surface area contributed by atoms with Crippen LogP contribution >= 0.6 is 11.3 Å². The van der Waals surface area contributed by atoms with Gasteiger partial charge in [0.05, 0.1) is 5.69 Å². The van der Waals surface area contributed by atoms with Crippen molar-refractivity contribution >= 4 is 40.0 Å². The lowest BCUT2D eigenvalue weighted by molar-refractivity contribution is 0.253. The molecule has 148 valence electrons. The number of hydrazine groups is 1. The summed E-state index contributed by atoms with van der Waals surface area (Å²) in [6.45, 7) is 3.92. The Morgan fingerprint density at radius 1 is 1.14 bits per heavy atom. The Bertz CT molecular complexity index is 1200. The monoisotopic (exact) mass is 409 g/mol. The smallest absolute Gasteiger partial charge is 0.339 e. The van der Waals surface area contributed by atoms with Gasteiger partial charge in [-0.25, -0.2) is 20.2 Å². The van der Waals surface area contributed by atoms with Gasteiger partial charge in [0.15, 0.2) is 5.65 Å². The van der Waals surface area contributed by atoms with Gasteiger partial charge in [0.1, 0.15) is 22.4 Å². The first-order valence-corrected chi connectivity index (χ1v) is 9.67. The normalized spacial score (nSPS) is 10.9. The molecule has 0 aliphatic rings. The topological polar surface area (TPSA) is 117 Å². The lowest BCUT2D eigenvalue weighted by Crippen LogP contribution is -2.34. The molecule has 4 rings (SSSR count). The number of phenols is 1. The fraction of sp³-hybridized carbons (Fsp3) is 0.158. The number of carbonyl (C=O) groups is 1. The van der Waals surface area contributed by atoms with E-state index in [0.717, 1.165) is 32.9 Å². The number of nitrogens with zero attached hydrogens (tertiary/aromatic N) is 4. The molecule has 1 aromatic carbocycles. The van der Waals surface area contributed by atoms with Crippen LogP contribution in [0.3, 0.4) is 0 Å². The van der Waals surface area contributed by atoms with E-state index in [1.54, 1.807) is 34.3 Å². The van der Waals surface area contributed by atoms with Gasteiger partial charge in [-0.3, -0.25) is 15.4 Å². The number of fused-ring (bicyclic) bond motifs is 1. The van der Waals surface area contributed by atoms with Crippen LogP contribution in [-0.4, -0.2) is 30.9 Å². The number of urea groups is 1. The minimum Gasteiger partial charge on any atom is -0.508 e. The molecule has 0 bridgehead atoms. The molecule has 0 saturated heterocycles. The molecule has 0 spiro atoms. The molecule has 9 nitrogen and oxygen atoms in total. The number of hydrogen-bond acceptors (Lipinski definition) is 7. The first kappa shape index (κ1) is 18.7. The van der Waals surface area contributed by atoms with E-state index in [2.05, 4.69) is 31.2 Å². The molecule has 0 unspecified atom stereocenters. The van der Waals surface area contributed by atoms with Crippen LogP contribution < -0.4 is 16.2 Å². The number of amides is 2. The molecule has 10 heteroatoms. The molecule has 0 aliphatic carbocycles. The number of benzene rings is 1. The van der Waals surface area contributed by atoms with E-state index in [1.165, 1.54) is 11.3 Å². The van der Waals surface area contributed by atoms with E-state index < -0.39 is 6.03 Å². The highest BCUT2D eigenvalue weighted by molar-refractivity contribution is 7.13. The molecule has 0 aliphatic heterocycles. The SMILES string of the molecule is Cc1cc(NNC(=O)Nc2csc(-c3ccc(O)cc3)n2)nc2c1c(C)nn2C. The largest absolute Gasteiger partial charge is 0.508 e. The van der Waals surface area contributed by atoms with E-state index in [-0.39, 0.29) is 5.75 Å². The van der Waals surface area contributed by atoms with Crippen LogP contribution in [0.2, 0.25) is 0 Å². The van der Waals surface area contributed by atoms with E-state index in [9.17, 15) is 9.90 Å². The van der Waals surface area contributed by atoms with Crippen LogP contribution in [0.25, 0.3) is 21.6 Å². The molecule has 4 aromatic rings. The molecule has 0 fully saturated rings. The standard InChI is InChI=1S/C19H19N7O2S/c1-10-8-14(20-17-16(10)11(2)25-26(17)3)23-24-19(28)22-15-9-29-18(21-15)12-4-6-13(27)7-5-12/h4-9,27H,1-3H3,(H,20,23)(H2,22,24,28). The zero-order chi connectivity index (χ0) is 20.5. The zero-order valence-corrected chi connectivity index (χ0v) is 16.8. The average Bonchev–Trinajstić information content (AvgIpc) is 3.25. The summed E-state index contributed by atoms with van der Waals surface area (Å²) in [5.41, 5.74) is 8.91. The highest BCUT2D eigenvalue weighted by Gasteiger charge is 2.12. The van der Waals surface area contributed by atoms with Crippen molar-refractivity contribution in [3.8, 4) is 16.3 Å². The number of anilines is 2. The molecular formula is C19H19N7O2S. The van der Waals surface area contributed by atoms with Gasteiger partial charge in [0.25, 0.3) is 0 Å². The van der Waals surface area contributed by atoms with E-state index in [1.807, 2.05) is 27.0 Å². The fourth-order valence-electron chi connectivity index (χ4n) is 3.06. The van der Waals surface area contributed by atoms with Crippen LogP contribution in [0.15, 0.2) is 35.7 Å². The second kappa shape index (κ2) is 7.40. The van der Waals surface area contributed by atoms with Gasteiger partial charge in [0, 0.05) is 23.4 Å². The van der Waals surface area contributed by atoms with Gasteiger partial charge in [-0.05, 0) is 49.7 Å². The third-order valence-corrected chi connectivity index (χ3v) is 5.22. The van der Waals surface area contributed by atoms with Gasteiger partial charge in [0.2, 0.25) is 0 Å². The molecule has 0 saturated carbocycles. The lowest BCUT2D eigenvalue weighted by atomic mass is 10.1. The van der Waals surface area contributed by atoms with Crippen LogP contribution in [0.1, 0.15) is 11.3 Å². The van der Waals surface area contributed by atoms with Gasteiger partial charge < -0.3 is 5.11 Å². The first-order chi connectivity index (χ1) is 13.9. The minimum absolute atomic E-state index is 0.192. The van der Waals surface area contributed by atoms with Crippen molar-refractivity contribution in [2.75, 3.05) is 10.7 Å². The van der Waals surface area contributed by atoms with Gasteiger partial charge >= 0.3 is 6.03 Å². The molecule has 3 aromatic heterocycles. The Morgan fingerprint density at radius 3 is 2.66 bits per heavy atom. The minimum atomic E-state index is -0.465. The maximum atomic E-state index is 12.2. The van der Waals surface area contributed by atoms with Crippen LogP contribution in [0.4, 0.5) is 16.4 Å². The number of aromatic hydroxyl groups is 1. The summed E-state index contributed by atoms with van der Waals surface area (Å²) < 4.78 is 1.71. The Labute approximate surface area is 170 Å². The van der Waals surface area contributed by atoms with Crippen LogP contribution in [-0.2, 0) is 7.05 Å². The number of carbonyl (C=O) groups excluding carboxylic acids is 1. The van der Waals surface area contributed by atoms with Crippen molar-refractivity contribution in [1.29, 1.82) is 0 Å². The van der Waals surface area contributed by atoms with E-state index in [0.29, 0.717) is 11.6 Å². The molecular weight excluding hydrogens is 390 g/mol. The van der Waals surface area contributed by atoms with Gasteiger partial charge in [-0.2, -0.15) is 5.10 Å². The fourth-order valence-corrected chi connectivity index (χ4v) is 3.82. The quantitative estimate of drug-likeness (QED) is 0.383. The molecule has 4 N–H and O–H groups in total. The third-order valence-electron chi connectivity index (χ3n) is 4.33. The number of nitrogens with one attached hydrogen (secondary N) is 3. The molecule has 3 heterocycles. The number of aryl methyl sites for hydroxylation is 3.